The number of esters is 1. The van der Waals surface area contributed by atoms with Gasteiger partial charge in [-0.05, 0) is 107 Å². The zero-order chi connectivity index (χ0) is 84.7. The van der Waals surface area contributed by atoms with Crippen LogP contribution in [0.2, 0.25) is 0 Å². The maximum Gasteiger partial charge on any atom is 1.00 e. The second-order valence-corrected chi connectivity index (χ2v) is 29.0. The van der Waals surface area contributed by atoms with E-state index >= 15 is 0 Å². The van der Waals surface area contributed by atoms with Crippen LogP contribution >= 0.6 is 6.89 Å². The predicted octanol–water partition coefficient (Wildman–Crippen LogP) is 1.64. The summed E-state index contributed by atoms with van der Waals surface area (Å²) in [6.07, 6.45) is 21.2. The number of hydrogen-bond acceptors (Lipinski definition) is 29. The van der Waals surface area contributed by atoms with Gasteiger partial charge in [0.1, 0.15) is 48.6 Å². The van der Waals surface area contributed by atoms with Crippen LogP contribution in [0.3, 0.4) is 0 Å². The van der Waals surface area contributed by atoms with Crippen molar-refractivity contribution in [2.24, 2.45) is 0 Å². The third kappa shape index (κ3) is 54.6. The number of hydrogen-bond donors (Lipinski definition) is 3. The van der Waals surface area contributed by atoms with Crippen molar-refractivity contribution in [3.8, 4) is 0 Å². The number of benzene rings is 3. The van der Waals surface area contributed by atoms with Gasteiger partial charge in [-0.3, -0.25) is 88.8 Å². The van der Waals surface area contributed by atoms with Crippen LogP contribution in [0.4, 0.5) is 0 Å². The molecule has 3 aromatic rings. The molecule has 0 aromatic heterocycles. The third-order valence-electron chi connectivity index (χ3n) is 15.5. The molecule has 0 bridgehead atoms. The summed E-state index contributed by atoms with van der Waals surface area (Å²) in [5, 5.41) is 102. The van der Waals surface area contributed by atoms with Crippen molar-refractivity contribution >= 4 is 100 Å². The standard InChI is InChI=1S/C20H19P.C10H13NO4.C9H11NO4.C7H15NO8S2.2C7H11NO4.C7H9NO3.C3H4O.CH3NO2.2Na/c1-2-21(18-12-6-3-7-13-18,19-14-8-4-9-15-19)20-16-10-5-11-17-20;1-15-10(12)6-5-8-3-2-4-9(7-8)11(13)14;11-9(12)5-4-7-2-1-3-8(6-7)10(13)14;9-6(17(13)14)3-1-5(8(11)12)2-4-7(10)18(15)16;2*9-5-1-3-7(8(11)12)4-2-6-10;9-5-6-2-1-3-7(4-6)8(10)11;1-2-3-4;1-2(3)4;;/h2-17H,1H3;3,5-6,9H,2,4,7H2,1H3;2,4-5,8H,1,3,6H2,(H,11,12);5-7,9-10H,1-4H2,(H,13,14)(H,15,16);2*5-7H,1-4H2;2,5,7H,1,3-4H2;2-3H,1H2;1H3;;/q;;;;;;;;;2*+1/p-2/b;6-5+;5-4+;;;;;;;;. The number of aldehydes is 6. The minimum Gasteiger partial charge on any atom is -0.770 e. The van der Waals surface area contributed by atoms with Gasteiger partial charge >= 0.3 is 71.1 Å². The number of allylic oxidation sites excluding steroid dienone is 6. The molecule has 0 fully saturated rings. The maximum atomic E-state index is 10.8. The molecule has 3 aromatic carbocycles. The van der Waals surface area contributed by atoms with E-state index in [1.807, 2.05) is 12.2 Å². The first-order valence-corrected chi connectivity index (χ1v) is 38.1. The van der Waals surface area contributed by atoms with Gasteiger partial charge in [0.15, 0.2) is 7.05 Å². The van der Waals surface area contributed by atoms with E-state index in [-0.39, 0.29) is 151 Å². The Hall–Kier alpha value is -8.70. The molecule has 37 nitrogen and oxygen atoms in total. The number of aliphatic hydroxyl groups is 2. The van der Waals surface area contributed by atoms with Gasteiger partial charge in [0.25, 0.3) is 0 Å². The van der Waals surface area contributed by atoms with Gasteiger partial charge < -0.3 is 48.3 Å². The van der Waals surface area contributed by atoms with E-state index in [1.165, 1.54) is 41.3 Å². The Kier molecular flexibility index (Phi) is 69.9. The summed E-state index contributed by atoms with van der Waals surface area (Å²) in [5.74, 6) is 0.931. The summed E-state index contributed by atoms with van der Waals surface area (Å²) in [4.78, 5) is 148. The third-order valence-corrected chi connectivity index (χ3v) is 21.0. The molecule has 3 aliphatic rings. The first kappa shape index (κ1) is 113. The summed E-state index contributed by atoms with van der Waals surface area (Å²) in [5.41, 5.74) is -1.25. The molecule has 7 unspecified atom stereocenters. The fourth-order valence-electron chi connectivity index (χ4n) is 9.94. The fourth-order valence-corrected chi connectivity index (χ4v) is 14.3. The molecule has 42 heteroatoms. The van der Waals surface area contributed by atoms with Crippen LogP contribution in [0.15, 0.2) is 163 Å². The van der Waals surface area contributed by atoms with Crippen LogP contribution < -0.4 is 75.0 Å². The summed E-state index contributed by atoms with van der Waals surface area (Å²) in [6, 6.07) is 28.3. The van der Waals surface area contributed by atoms with Gasteiger partial charge in [-0.2, -0.15) is 0 Å². The number of methoxy groups -OCH3 is 1. The molecule has 3 N–H and O–H groups in total. The van der Waals surface area contributed by atoms with E-state index in [2.05, 4.69) is 115 Å². The van der Waals surface area contributed by atoms with Crippen LogP contribution in [0.5, 0.6) is 0 Å². The van der Waals surface area contributed by atoms with E-state index < -0.39 is 108 Å². The van der Waals surface area contributed by atoms with Crippen molar-refractivity contribution in [2.75, 3.05) is 14.2 Å². The first-order chi connectivity index (χ1) is 52.7. The monoisotopic (exact) mass is 1670 g/mol. The number of nitrogens with zero attached hydrogens (tertiary/aromatic N) is 7. The van der Waals surface area contributed by atoms with Gasteiger partial charge in [-0.1, -0.05) is 134 Å². The SMILES string of the molecule is C=CC=O.CC=P(c1ccccc1)(c1ccccc1)c1ccccc1.COC(=O)/C=C/C1=CCCC([N+](=O)[O-])C1.C[N+](=O)[O-].O=C(O)/C=C/C1=CCCC([N+](=O)[O-])C1.O=CC1=CCCC([N+](=O)[O-])C1.O=CCCC(CCC=O)[N+](=O)[O-].O=CCCC(CCC=O)[N+](=O)[O-].O=[N+]([O-])C(CCC(O)S(=O)[O-])CCC(O)S(=O)[O-].[Na+].[Na+]. The number of carbonyl (C=O) groups excluding carboxylic acids is 7. The molecule has 612 valence electrons. The minimum absolute atomic E-state index is 0. The average Bonchev–Trinajstić information content (AvgIpc) is 0.762. The Morgan fingerprint density at radius 2 is 0.788 bits per heavy atom. The van der Waals surface area contributed by atoms with Crippen molar-refractivity contribution in [1.29, 1.82) is 0 Å². The topological polar surface area (TPSA) is 589 Å². The molecule has 0 saturated heterocycles. The molecule has 0 radical (unpaired) electrons. The van der Waals surface area contributed by atoms with E-state index in [0.29, 0.717) is 101 Å². The summed E-state index contributed by atoms with van der Waals surface area (Å²) in [6.45, 7) is 3.65. The average molecular weight is 1670 g/mol. The van der Waals surface area contributed by atoms with Crippen LogP contribution in [-0.2, 0) is 65.3 Å². The number of aliphatic carboxylic acids is 1. The molecule has 3 aliphatic carbocycles. The predicted molar refractivity (Wildman–Crippen MR) is 410 cm³/mol. The van der Waals surface area contributed by atoms with Crippen LogP contribution in [0.1, 0.15) is 142 Å². The van der Waals surface area contributed by atoms with Gasteiger partial charge in [0, 0.05) is 149 Å². The van der Waals surface area contributed by atoms with Crippen molar-refractivity contribution in [3.63, 3.8) is 0 Å². The first-order valence-electron chi connectivity index (χ1n) is 34.0. The summed E-state index contributed by atoms with van der Waals surface area (Å²) >= 11 is -5.45. The van der Waals surface area contributed by atoms with Crippen molar-refractivity contribution in [2.45, 2.75) is 189 Å². The number of carboxylic acids is 1. The molecule has 113 heavy (non-hydrogen) atoms. The number of aliphatic hydroxyl groups excluding tert-OH is 2. The van der Waals surface area contributed by atoms with Crippen molar-refractivity contribution < 1.29 is 170 Å². The number of ether oxygens (including phenoxy) is 1. The number of carboxylic acid groups (broad SMARTS) is 1. The molecular formula is C71H94N7Na2O30PS2. The normalized spacial score (nSPS) is 15.5. The molecule has 0 spiro atoms. The Morgan fingerprint density at radius 1 is 0.513 bits per heavy atom. The van der Waals surface area contributed by atoms with Crippen LogP contribution in [-0.4, -0.2) is 184 Å². The zero-order valence-electron chi connectivity index (χ0n) is 63.3. The molecule has 0 heterocycles. The molecular weight excluding hydrogens is 1570 g/mol. The summed E-state index contributed by atoms with van der Waals surface area (Å²) < 4.78 is 45.6. The zero-order valence-corrected chi connectivity index (χ0v) is 69.8. The fraction of sp³-hybridized carbons (Fsp3) is 0.451. The van der Waals surface area contributed by atoms with Gasteiger partial charge in [-0.15, -0.1) is 0 Å². The van der Waals surface area contributed by atoms with E-state index in [1.54, 1.807) is 12.2 Å². The molecule has 6 rings (SSSR count). The second-order valence-electron chi connectivity index (χ2n) is 23.3. The second kappa shape index (κ2) is 70.0. The number of carbonyl (C=O) groups is 8. The Labute approximate surface area is 701 Å². The molecule has 0 amide bonds. The van der Waals surface area contributed by atoms with Gasteiger partial charge in [0.05, 0.1) is 7.11 Å². The largest absolute Gasteiger partial charge is 1.00 e. The van der Waals surface area contributed by atoms with Crippen molar-refractivity contribution in [1.82, 2.24) is 0 Å². The van der Waals surface area contributed by atoms with E-state index in [9.17, 15) is 112 Å². The Bertz CT molecular complexity index is 3490. The summed E-state index contributed by atoms with van der Waals surface area (Å²) in [7, 11) is 2.18. The van der Waals surface area contributed by atoms with Crippen LogP contribution in [0.25, 0.3) is 0 Å². The Balaban J connectivity index is -0.000000397. The van der Waals surface area contributed by atoms with Gasteiger partial charge in [0.2, 0.25) is 36.3 Å². The van der Waals surface area contributed by atoms with Gasteiger partial charge in [-0.25, -0.2) is 9.59 Å². The smallest absolute Gasteiger partial charge is 0.770 e. The maximum absolute atomic E-state index is 10.8. The Morgan fingerprint density at radius 3 is 1.02 bits per heavy atom. The minimum atomic E-state index is -2.73. The van der Waals surface area contributed by atoms with Crippen molar-refractivity contribution in [3.05, 3.63) is 234 Å². The quantitative estimate of drug-likeness (QED) is 0.0110. The number of nitro groups is 7. The number of rotatable bonds is 35. The van der Waals surface area contributed by atoms with Crippen LogP contribution in [0, 0.1) is 70.8 Å². The van der Waals surface area contributed by atoms with E-state index in [0.717, 1.165) is 24.3 Å². The molecule has 0 saturated carbocycles. The van der Waals surface area contributed by atoms with E-state index in [4.69, 9.17) is 30.2 Å². The molecule has 7 atom stereocenters. The molecule has 0 aliphatic heterocycles.